The summed E-state index contributed by atoms with van der Waals surface area (Å²) in [6, 6.07) is 5.66. The van der Waals surface area contributed by atoms with E-state index in [1.165, 1.54) is 20.3 Å². The van der Waals surface area contributed by atoms with Crippen LogP contribution in [0.5, 0.6) is 0 Å². The molecule has 0 amide bonds. The van der Waals surface area contributed by atoms with Gasteiger partial charge >= 0.3 is 6.18 Å². The van der Waals surface area contributed by atoms with Crippen LogP contribution in [-0.2, 0) is 15.7 Å². The van der Waals surface area contributed by atoms with Crippen LogP contribution in [0.25, 0.3) is 0 Å². The third-order valence-corrected chi connectivity index (χ3v) is 1.84. The summed E-state index contributed by atoms with van der Waals surface area (Å²) in [6.07, 6.45) is -5.18. The number of hydrogen-bond acceptors (Lipinski definition) is 2. The van der Waals surface area contributed by atoms with Crippen molar-refractivity contribution in [1.29, 1.82) is 0 Å². The standard InChI is InChI=1S/C10H10F3O2/c1-14-9(15-2)7-4-3-5-8(6-7)10(11,12)13/h4-6,9H,1-2H3. The van der Waals surface area contributed by atoms with Gasteiger partial charge in [0.15, 0.2) is 6.29 Å². The summed E-state index contributed by atoms with van der Waals surface area (Å²) in [5.74, 6) is 0. The zero-order valence-corrected chi connectivity index (χ0v) is 8.26. The first-order chi connectivity index (χ1) is 6.99. The molecule has 0 atom stereocenters. The predicted octanol–water partition coefficient (Wildman–Crippen LogP) is 2.80. The van der Waals surface area contributed by atoms with E-state index in [1.54, 1.807) is 0 Å². The molecule has 2 nitrogen and oxygen atoms in total. The van der Waals surface area contributed by atoms with Crippen molar-refractivity contribution in [2.24, 2.45) is 0 Å². The summed E-state index contributed by atoms with van der Waals surface area (Å²) < 4.78 is 46.7. The van der Waals surface area contributed by atoms with Crippen molar-refractivity contribution in [2.75, 3.05) is 14.2 Å². The van der Waals surface area contributed by atoms with Crippen molar-refractivity contribution in [3.05, 3.63) is 35.4 Å². The Bertz CT molecular complexity index is 319. The minimum absolute atomic E-state index is 0.287. The molecule has 0 aromatic heterocycles. The first-order valence-corrected chi connectivity index (χ1v) is 4.13. The number of ether oxygens (including phenoxy) is 2. The first kappa shape index (κ1) is 12.0. The molecule has 0 spiro atoms. The van der Waals surface area contributed by atoms with Crippen molar-refractivity contribution in [1.82, 2.24) is 0 Å². The Hall–Kier alpha value is -1.07. The first-order valence-electron chi connectivity index (χ1n) is 4.13. The maximum Gasteiger partial charge on any atom is 0.416 e. The van der Waals surface area contributed by atoms with E-state index in [-0.39, 0.29) is 5.56 Å². The van der Waals surface area contributed by atoms with Crippen molar-refractivity contribution in [3.63, 3.8) is 0 Å². The molecule has 0 unspecified atom stereocenters. The fourth-order valence-corrected chi connectivity index (χ4v) is 1.16. The maximum atomic E-state index is 12.3. The highest BCUT2D eigenvalue weighted by Crippen LogP contribution is 2.31. The fourth-order valence-electron chi connectivity index (χ4n) is 1.16. The second-order valence-corrected chi connectivity index (χ2v) is 2.86. The third kappa shape index (κ3) is 2.94. The van der Waals surface area contributed by atoms with Crippen LogP contribution >= 0.6 is 0 Å². The van der Waals surface area contributed by atoms with Crippen molar-refractivity contribution >= 4 is 0 Å². The summed E-state index contributed by atoms with van der Waals surface area (Å²) in [5.41, 5.74) is -0.478. The Morgan fingerprint density at radius 2 is 1.80 bits per heavy atom. The molecule has 83 valence electrons. The van der Waals surface area contributed by atoms with Gasteiger partial charge in [-0.1, -0.05) is 0 Å². The molecule has 5 heteroatoms. The third-order valence-electron chi connectivity index (χ3n) is 1.84. The lowest BCUT2D eigenvalue weighted by Gasteiger charge is -2.15. The van der Waals surface area contributed by atoms with Gasteiger partial charge in [0.25, 0.3) is 0 Å². The van der Waals surface area contributed by atoms with E-state index in [1.807, 2.05) is 0 Å². The van der Waals surface area contributed by atoms with E-state index in [0.29, 0.717) is 0 Å². The highest BCUT2D eigenvalue weighted by Gasteiger charge is 2.31. The van der Waals surface area contributed by atoms with Crippen LogP contribution in [0.15, 0.2) is 18.2 Å². The summed E-state index contributed by atoms with van der Waals surface area (Å²) in [6.45, 7) is 0. The molecule has 1 radical (unpaired) electrons. The Balaban J connectivity index is 3.02. The van der Waals surface area contributed by atoms with Gasteiger partial charge in [0, 0.05) is 19.8 Å². The molecule has 0 heterocycles. The molecule has 1 aromatic carbocycles. The van der Waals surface area contributed by atoms with Gasteiger partial charge in [-0.3, -0.25) is 0 Å². The van der Waals surface area contributed by atoms with Crippen LogP contribution in [0.1, 0.15) is 17.4 Å². The van der Waals surface area contributed by atoms with Crippen molar-refractivity contribution in [2.45, 2.75) is 12.5 Å². The lowest BCUT2D eigenvalue weighted by Crippen LogP contribution is -2.08. The van der Waals surface area contributed by atoms with E-state index in [2.05, 4.69) is 6.07 Å². The Kier molecular flexibility index (Phi) is 3.71. The Labute approximate surface area is 85.6 Å². The van der Waals surface area contributed by atoms with Crippen molar-refractivity contribution < 1.29 is 22.6 Å². The summed E-state index contributed by atoms with van der Waals surface area (Å²) >= 11 is 0. The Morgan fingerprint density at radius 1 is 1.20 bits per heavy atom. The van der Waals surface area contributed by atoms with Crippen LogP contribution in [0, 0.1) is 6.07 Å². The van der Waals surface area contributed by atoms with E-state index >= 15 is 0 Å². The molecule has 0 fully saturated rings. The normalized spacial score (nSPS) is 12.1. The SMILES string of the molecule is COC(OC)c1c[c]cc(C(F)(F)F)c1. The predicted molar refractivity (Wildman–Crippen MR) is 47.0 cm³/mol. The lowest BCUT2D eigenvalue weighted by atomic mass is 10.1. The number of methoxy groups -OCH3 is 2. The second-order valence-electron chi connectivity index (χ2n) is 2.86. The molecule has 1 aromatic rings. The highest BCUT2D eigenvalue weighted by molar-refractivity contribution is 5.25. The van der Waals surface area contributed by atoms with Crippen LogP contribution in [0.3, 0.4) is 0 Å². The number of halogens is 3. The topological polar surface area (TPSA) is 18.5 Å². The van der Waals surface area contributed by atoms with Gasteiger partial charge in [-0.25, -0.2) is 0 Å². The second kappa shape index (κ2) is 4.63. The lowest BCUT2D eigenvalue weighted by molar-refractivity contribution is -0.138. The zero-order valence-electron chi connectivity index (χ0n) is 8.26. The van der Waals surface area contributed by atoms with Gasteiger partial charge < -0.3 is 9.47 Å². The average Bonchev–Trinajstić information content (AvgIpc) is 2.19. The van der Waals surface area contributed by atoms with Gasteiger partial charge in [0.05, 0.1) is 5.56 Å². The molecule has 0 saturated heterocycles. The minimum atomic E-state index is -4.38. The quantitative estimate of drug-likeness (QED) is 0.728. The Morgan fingerprint density at radius 3 is 2.27 bits per heavy atom. The smallest absolute Gasteiger partial charge is 0.352 e. The molecule has 0 aliphatic heterocycles. The molecule has 0 bridgehead atoms. The largest absolute Gasteiger partial charge is 0.416 e. The van der Waals surface area contributed by atoms with E-state index in [0.717, 1.165) is 12.1 Å². The molecular formula is C10H10F3O2. The molecule has 1 rings (SSSR count). The molecule has 15 heavy (non-hydrogen) atoms. The monoisotopic (exact) mass is 219 g/mol. The number of rotatable bonds is 3. The molecule has 0 N–H and O–H groups in total. The van der Waals surface area contributed by atoms with Crippen LogP contribution in [0.2, 0.25) is 0 Å². The average molecular weight is 219 g/mol. The summed E-state index contributed by atoms with van der Waals surface area (Å²) in [5, 5.41) is 0. The van der Waals surface area contributed by atoms with Gasteiger partial charge in [0.2, 0.25) is 0 Å². The van der Waals surface area contributed by atoms with E-state index in [4.69, 9.17) is 9.47 Å². The van der Waals surface area contributed by atoms with Crippen molar-refractivity contribution in [3.8, 4) is 0 Å². The molecular weight excluding hydrogens is 209 g/mol. The van der Waals surface area contributed by atoms with E-state index in [9.17, 15) is 13.2 Å². The maximum absolute atomic E-state index is 12.3. The number of benzene rings is 1. The summed E-state index contributed by atoms with van der Waals surface area (Å²) in [4.78, 5) is 0. The molecule has 0 saturated carbocycles. The van der Waals surface area contributed by atoms with Crippen LogP contribution in [0.4, 0.5) is 13.2 Å². The van der Waals surface area contributed by atoms with Gasteiger partial charge in [0.1, 0.15) is 0 Å². The van der Waals surface area contributed by atoms with Crippen LogP contribution < -0.4 is 0 Å². The number of hydrogen-bond donors (Lipinski definition) is 0. The molecule has 0 aliphatic carbocycles. The highest BCUT2D eigenvalue weighted by atomic mass is 19.4. The molecule has 0 aliphatic rings. The van der Waals surface area contributed by atoms with Gasteiger partial charge in [-0.15, -0.1) is 0 Å². The van der Waals surface area contributed by atoms with E-state index < -0.39 is 18.0 Å². The van der Waals surface area contributed by atoms with Crippen LogP contribution in [-0.4, -0.2) is 14.2 Å². The zero-order chi connectivity index (χ0) is 11.5. The summed E-state index contributed by atoms with van der Waals surface area (Å²) in [7, 11) is 2.71. The van der Waals surface area contributed by atoms with Gasteiger partial charge in [-0.2, -0.15) is 13.2 Å². The number of alkyl halides is 3. The minimum Gasteiger partial charge on any atom is -0.352 e. The fraction of sp³-hybridized carbons (Fsp3) is 0.400. The van der Waals surface area contributed by atoms with Gasteiger partial charge in [-0.05, 0) is 24.3 Å².